The molecule has 2 rings (SSSR count). The molecule has 0 saturated carbocycles. The van der Waals surface area contributed by atoms with Gasteiger partial charge >= 0.3 is 0 Å². The maximum atomic E-state index is 12.1. The van der Waals surface area contributed by atoms with Crippen molar-refractivity contribution in [1.82, 2.24) is 0 Å². The molecule has 1 saturated heterocycles. The summed E-state index contributed by atoms with van der Waals surface area (Å²) in [5.74, 6) is 3.69. The van der Waals surface area contributed by atoms with Crippen LogP contribution in [0.2, 0.25) is 0 Å². The molecule has 1 heterocycles. The molecule has 19 heavy (non-hydrogen) atoms. The Hall–Kier alpha value is -1.16. The Kier molecular flexibility index (Phi) is 5.14. The number of carbonyl (C=O) groups excluding carboxylic acids is 1. The van der Waals surface area contributed by atoms with Crippen molar-refractivity contribution in [3.63, 3.8) is 0 Å². The average molecular weight is 279 g/mol. The van der Waals surface area contributed by atoms with Gasteiger partial charge in [-0.1, -0.05) is 6.07 Å². The molecule has 1 aliphatic heterocycles. The lowest BCUT2D eigenvalue weighted by atomic mass is 10.0. The molecular weight excluding hydrogens is 258 g/mol. The molecule has 1 fully saturated rings. The highest BCUT2D eigenvalue weighted by Crippen LogP contribution is 2.28. The summed E-state index contributed by atoms with van der Waals surface area (Å²) in [5.41, 5.74) is 1.89. The lowest BCUT2D eigenvalue weighted by Gasteiger charge is -2.21. The molecule has 1 amide bonds. The van der Waals surface area contributed by atoms with Crippen LogP contribution in [0, 0.1) is 12.8 Å². The Bertz CT molecular complexity index is 442. The molecule has 0 radical (unpaired) electrons. The van der Waals surface area contributed by atoms with Crippen LogP contribution in [0.5, 0.6) is 5.75 Å². The fourth-order valence-corrected chi connectivity index (χ4v) is 3.51. The van der Waals surface area contributed by atoms with Crippen LogP contribution in [0.1, 0.15) is 24.8 Å². The molecular formula is C15H21NO2S. The highest BCUT2D eigenvalue weighted by Gasteiger charge is 2.18. The maximum Gasteiger partial charge on any atom is 0.224 e. The minimum Gasteiger partial charge on any atom is -0.495 e. The second-order valence-electron chi connectivity index (χ2n) is 5.04. The van der Waals surface area contributed by atoms with E-state index in [-0.39, 0.29) is 5.91 Å². The molecule has 0 aliphatic carbocycles. The van der Waals surface area contributed by atoms with E-state index in [2.05, 4.69) is 5.32 Å². The Morgan fingerprint density at radius 2 is 2.37 bits per heavy atom. The van der Waals surface area contributed by atoms with E-state index in [0.717, 1.165) is 22.8 Å². The lowest BCUT2D eigenvalue weighted by Crippen LogP contribution is -2.20. The van der Waals surface area contributed by atoms with Crippen molar-refractivity contribution in [3.8, 4) is 5.75 Å². The Labute approximate surface area is 119 Å². The van der Waals surface area contributed by atoms with Gasteiger partial charge in [0.15, 0.2) is 0 Å². The first-order chi connectivity index (χ1) is 9.19. The SMILES string of the molecule is COc1ccc(C)cc1NC(=O)CC1CCCSC1. The Morgan fingerprint density at radius 1 is 1.53 bits per heavy atom. The van der Waals surface area contributed by atoms with Gasteiger partial charge in [-0.15, -0.1) is 0 Å². The third-order valence-corrected chi connectivity index (χ3v) is 4.64. The van der Waals surface area contributed by atoms with Gasteiger partial charge in [-0.3, -0.25) is 4.79 Å². The molecule has 1 aromatic rings. The number of thioether (sulfide) groups is 1. The number of carbonyl (C=O) groups is 1. The summed E-state index contributed by atoms with van der Waals surface area (Å²) >= 11 is 1.96. The average Bonchev–Trinajstić information content (AvgIpc) is 2.40. The molecule has 3 nitrogen and oxygen atoms in total. The number of hydrogen-bond acceptors (Lipinski definition) is 3. The predicted octanol–water partition coefficient (Wildman–Crippen LogP) is 3.48. The summed E-state index contributed by atoms with van der Waals surface area (Å²) in [6, 6.07) is 5.82. The first-order valence-corrected chi connectivity index (χ1v) is 7.86. The van der Waals surface area contributed by atoms with Crippen molar-refractivity contribution in [1.29, 1.82) is 0 Å². The number of amides is 1. The van der Waals surface area contributed by atoms with Gasteiger partial charge < -0.3 is 10.1 Å². The second kappa shape index (κ2) is 6.85. The lowest BCUT2D eigenvalue weighted by molar-refractivity contribution is -0.117. The fourth-order valence-electron chi connectivity index (χ4n) is 2.35. The van der Waals surface area contributed by atoms with Crippen LogP contribution < -0.4 is 10.1 Å². The number of rotatable bonds is 4. The molecule has 0 aromatic heterocycles. The fraction of sp³-hybridized carbons (Fsp3) is 0.533. The summed E-state index contributed by atoms with van der Waals surface area (Å²) in [4.78, 5) is 12.1. The number of aryl methyl sites for hydroxylation is 1. The van der Waals surface area contributed by atoms with E-state index >= 15 is 0 Å². The van der Waals surface area contributed by atoms with Gasteiger partial charge in [0.2, 0.25) is 5.91 Å². The number of nitrogens with one attached hydrogen (secondary N) is 1. The Balaban J connectivity index is 1.95. The molecule has 1 atom stereocenters. The van der Waals surface area contributed by atoms with Crippen molar-refractivity contribution in [2.45, 2.75) is 26.2 Å². The van der Waals surface area contributed by atoms with Crippen molar-refractivity contribution in [2.24, 2.45) is 5.92 Å². The largest absolute Gasteiger partial charge is 0.495 e. The van der Waals surface area contributed by atoms with Crippen molar-refractivity contribution in [3.05, 3.63) is 23.8 Å². The summed E-state index contributed by atoms with van der Waals surface area (Å²) < 4.78 is 5.27. The maximum absolute atomic E-state index is 12.1. The van der Waals surface area contributed by atoms with Gasteiger partial charge in [-0.2, -0.15) is 11.8 Å². The standard InChI is InChI=1S/C15H21NO2S/c1-11-5-6-14(18-2)13(8-11)16-15(17)9-12-4-3-7-19-10-12/h5-6,8,12H,3-4,7,9-10H2,1-2H3,(H,16,17). The van der Waals surface area contributed by atoms with Gasteiger partial charge in [-0.05, 0) is 54.9 Å². The smallest absolute Gasteiger partial charge is 0.224 e. The summed E-state index contributed by atoms with van der Waals surface area (Å²) in [6.07, 6.45) is 3.02. The zero-order chi connectivity index (χ0) is 13.7. The molecule has 1 aromatic carbocycles. The second-order valence-corrected chi connectivity index (χ2v) is 6.19. The highest BCUT2D eigenvalue weighted by atomic mass is 32.2. The topological polar surface area (TPSA) is 38.3 Å². The van der Waals surface area contributed by atoms with Gasteiger partial charge in [0.1, 0.15) is 5.75 Å². The van der Waals surface area contributed by atoms with Crippen LogP contribution in [0.15, 0.2) is 18.2 Å². The van der Waals surface area contributed by atoms with E-state index in [0.29, 0.717) is 12.3 Å². The zero-order valence-electron chi connectivity index (χ0n) is 11.6. The predicted molar refractivity (Wildman–Crippen MR) is 81.0 cm³/mol. The van der Waals surface area contributed by atoms with Gasteiger partial charge in [0, 0.05) is 6.42 Å². The number of methoxy groups -OCH3 is 1. The van der Waals surface area contributed by atoms with Crippen molar-refractivity contribution >= 4 is 23.4 Å². The van der Waals surface area contributed by atoms with Crippen molar-refractivity contribution < 1.29 is 9.53 Å². The molecule has 1 N–H and O–H groups in total. The highest BCUT2D eigenvalue weighted by molar-refractivity contribution is 7.99. The number of benzene rings is 1. The van der Waals surface area contributed by atoms with Gasteiger partial charge in [0.25, 0.3) is 0 Å². The first kappa shape index (κ1) is 14.3. The van der Waals surface area contributed by atoms with Gasteiger partial charge in [-0.25, -0.2) is 0 Å². The van der Waals surface area contributed by atoms with E-state index in [1.807, 2.05) is 36.9 Å². The van der Waals surface area contributed by atoms with Crippen LogP contribution in [-0.4, -0.2) is 24.5 Å². The van der Waals surface area contributed by atoms with Gasteiger partial charge in [0.05, 0.1) is 12.8 Å². The monoisotopic (exact) mass is 279 g/mol. The minimum absolute atomic E-state index is 0.0939. The third-order valence-electron chi connectivity index (χ3n) is 3.36. The van der Waals surface area contributed by atoms with Crippen LogP contribution >= 0.6 is 11.8 Å². The number of anilines is 1. The zero-order valence-corrected chi connectivity index (χ0v) is 12.4. The molecule has 0 bridgehead atoms. The normalized spacial score (nSPS) is 18.9. The number of ether oxygens (including phenoxy) is 1. The molecule has 4 heteroatoms. The third kappa shape index (κ3) is 4.16. The summed E-state index contributed by atoms with van der Waals surface area (Å²) in [5, 5.41) is 2.98. The van der Waals surface area contributed by atoms with E-state index < -0.39 is 0 Å². The minimum atomic E-state index is 0.0939. The summed E-state index contributed by atoms with van der Waals surface area (Å²) in [7, 11) is 1.62. The number of hydrogen-bond donors (Lipinski definition) is 1. The van der Waals surface area contributed by atoms with Crippen molar-refractivity contribution in [2.75, 3.05) is 23.9 Å². The quantitative estimate of drug-likeness (QED) is 0.917. The van der Waals surface area contributed by atoms with E-state index in [4.69, 9.17) is 4.74 Å². The molecule has 1 unspecified atom stereocenters. The Morgan fingerprint density at radius 3 is 3.05 bits per heavy atom. The molecule has 104 valence electrons. The van der Waals surface area contributed by atoms with E-state index in [1.165, 1.54) is 18.6 Å². The van der Waals surface area contributed by atoms with Crippen LogP contribution in [-0.2, 0) is 4.79 Å². The van der Waals surface area contributed by atoms with E-state index in [1.54, 1.807) is 7.11 Å². The van der Waals surface area contributed by atoms with Crippen LogP contribution in [0.3, 0.4) is 0 Å². The van der Waals surface area contributed by atoms with E-state index in [9.17, 15) is 4.79 Å². The van der Waals surface area contributed by atoms with Crippen LogP contribution in [0.4, 0.5) is 5.69 Å². The molecule has 1 aliphatic rings. The summed E-state index contributed by atoms with van der Waals surface area (Å²) in [6.45, 7) is 2.01. The molecule has 0 spiro atoms. The first-order valence-electron chi connectivity index (χ1n) is 6.71. The van der Waals surface area contributed by atoms with Crippen LogP contribution in [0.25, 0.3) is 0 Å².